The first-order valence-corrected chi connectivity index (χ1v) is 8.48. The van der Waals surface area contributed by atoms with E-state index in [9.17, 15) is 4.79 Å². The number of esters is 1. The van der Waals surface area contributed by atoms with E-state index in [-0.39, 0.29) is 12.0 Å². The molecular formula is C20H24N2O3. The van der Waals surface area contributed by atoms with Gasteiger partial charge in [0.1, 0.15) is 11.8 Å². The molecule has 1 heterocycles. The van der Waals surface area contributed by atoms with Gasteiger partial charge in [-0.2, -0.15) is 0 Å². The van der Waals surface area contributed by atoms with Crippen molar-refractivity contribution in [3.05, 3.63) is 60.2 Å². The minimum atomic E-state index is -0.343. The molecule has 2 aromatic rings. The van der Waals surface area contributed by atoms with Gasteiger partial charge in [0.15, 0.2) is 0 Å². The molecule has 0 radical (unpaired) electrons. The number of benzene rings is 2. The number of piperazine rings is 1. The minimum Gasteiger partial charge on any atom is -0.497 e. The summed E-state index contributed by atoms with van der Waals surface area (Å²) in [6.07, 6.45) is 0. The van der Waals surface area contributed by atoms with E-state index in [1.807, 2.05) is 42.5 Å². The van der Waals surface area contributed by atoms with E-state index in [2.05, 4.69) is 21.9 Å². The van der Waals surface area contributed by atoms with Crippen molar-refractivity contribution in [2.75, 3.05) is 45.3 Å². The lowest BCUT2D eigenvalue weighted by molar-refractivity contribution is -0.147. The summed E-state index contributed by atoms with van der Waals surface area (Å²) in [5, 5.41) is 0. The summed E-state index contributed by atoms with van der Waals surface area (Å²) in [7, 11) is 3.12. The molecule has 0 unspecified atom stereocenters. The van der Waals surface area contributed by atoms with Crippen LogP contribution in [0.25, 0.3) is 0 Å². The molecule has 0 saturated carbocycles. The first kappa shape index (κ1) is 17.3. The van der Waals surface area contributed by atoms with Gasteiger partial charge in [-0.05, 0) is 29.8 Å². The molecule has 5 heteroatoms. The lowest BCUT2D eigenvalue weighted by Crippen LogP contribution is -2.49. The molecule has 0 bridgehead atoms. The zero-order valence-corrected chi connectivity index (χ0v) is 14.7. The van der Waals surface area contributed by atoms with Crippen molar-refractivity contribution in [2.45, 2.75) is 6.04 Å². The summed E-state index contributed by atoms with van der Waals surface area (Å²) >= 11 is 0. The lowest BCUT2D eigenvalue weighted by atomic mass is 10.0. The fourth-order valence-electron chi connectivity index (χ4n) is 3.27. The fraction of sp³-hybridized carbons (Fsp3) is 0.350. The van der Waals surface area contributed by atoms with Crippen LogP contribution in [-0.4, -0.2) is 51.3 Å². The maximum Gasteiger partial charge on any atom is 0.327 e. The van der Waals surface area contributed by atoms with Gasteiger partial charge in [0.05, 0.1) is 14.2 Å². The van der Waals surface area contributed by atoms with Crippen LogP contribution in [0.5, 0.6) is 5.75 Å². The largest absolute Gasteiger partial charge is 0.497 e. The van der Waals surface area contributed by atoms with Gasteiger partial charge in [-0.25, -0.2) is 4.79 Å². The second kappa shape index (κ2) is 8.03. The molecule has 5 nitrogen and oxygen atoms in total. The number of hydrogen-bond acceptors (Lipinski definition) is 5. The summed E-state index contributed by atoms with van der Waals surface area (Å²) in [6.45, 7) is 3.35. The molecule has 1 atom stereocenters. The Morgan fingerprint density at radius 3 is 2.12 bits per heavy atom. The molecule has 1 fully saturated rings. The number of carbonyl (C=O) groups is 1. The van der Waals surface area contributed by atoms with Gasteiger partial charge in [0.2, 0.25) is 0 Å². The van der Waals surface area contributed by atoms with Crippen LogP contribution in [0.15, 0.2) is 54.6 Å². The highest BCUT2D eigenvalue weighted by molar-refractivity contribution is 5.77. The Bertz CT molecular complexity index is 680. The number of hydrogen-bond donors (Lipinski definition) is 0. The Kier molecular flexibility index (Phi) is 5.56. The van der Waals surface area contributed by atoms with Gasteiger partial charge >= 0.3 is 5.97 Å². The van der Waals surface area contributed by atoms with Crippen LogP contribution in [0, 0.1) is 0 Å². The summed E-state index contributed by atoms with van der Waals surface area (Å²) in [4.78, 5) is 16.9. The second-order valence-corrected chi connectivity index (χ2v) is 6.06. The van der Waals surface area contributed by atoms with Crippen molar-refractivity contribution in [3.8, 4) is 5.75 Å². The second-order valence-electron chi connectivity index (χ2n) is 6.06. The van der Waals surface area contributed by atoms with Crippen molar-refractivity contribution in [3.63, 3.8) is 0 Å². The van der Waals surface area contributed by atoms with Crippen molar-refractivity contribution >= 4 is 11.7 Å². The standard InChI is InChI=1S/C20H24N2O3/c1-24-18-10-8-17(9-11-18)21-12-14-22(15-13-21)19(20(23)25-2)16-6-4-3-5-7-16/h3-11,19H,12-15H2,1-2H3/t19-/m0/s1. The average Bonchev–Trinajstić information content (AvgIpc) is 2.69. The Labute approximate surface area is 148 Å². The maximum absolute atomic E-state index is 12.3. The van der Waals surface area contributed by atoms with Gasteiger partial charge in [-0.15, -0.1) is 0 Å². The van der Waals surface area contributed by atoms with E-state index in [1.54, 1.807) is 7.11 Å². The molecule has 2 aromatic carbocycles. The third-order valence-electron chi connectivity index (χ3n) is 4.66. The number of anilines is 1. The Morgan fingerprint density at radius 1 is 0.920 bits per heavy atom. The SMILES string of the molecule is COC(=O)[C@H](c1ccccc1)N1CCN(c2ccc(OC)cc2)CC1. The lowest BCUT2D eigenvalue weighted by Gasteiger charge is -2.39. The number of ether oxygens (including phenoxy) is 2. The molecular weight excluding hydrogens is 316 g/mol. The normalized spacial score (nSPS) is 16.3. The van der Waals surface area contributed by atoms with Crippen molar-refractivity contribution in [1.82, 2.24) is 4.90 Å². The highest BCUT2D eigenvalue weighted by Crippen LogP contribution is 2.26. The van der Waals surface area contributed by atoms with E-state index in [0.717, 1.165) is 37.5 Å². The van der Waals surface area contributed by atoms with Crippen LogP contribution < -0.4 is 9.64 Å². The first-order chi connectivity index (χ1) is 12.2. The summed E-state index contributed by atoms with van der Waals surface area (Å²) < 4.78 is 10.3. The van der Waals surface area contributed by atoms with E-state index in [0.29, 0.717) is 0 Å². The van der Waals surface area contributed by atoms with Crippen LogP contribution in [0.1, 0.15) is 11.6 Å². The van der Waals surface area contributed by atoms with E-state index in [1.165, 1.54) is 12.8 Å². The van der Waals surface area contributed by atoms with Crippen molar-refractivity contribution in [2.24, 2.45) is 0 Å². The molecule has 0 spiro atoms. The molecule has 0 amide bonds. The zero-order chi connectivity index (χ0) is 17.6. The Hall–Kier alpha value is -2.53. The zero-order valence-electron chi connectivity index (χ0n) is 14.7. The van der Waals surface area contributed by atoms with Gasteiger partial charge < -0.3 is 14.4 Å². The minimum absolute atomic E-state index is 0.205. The molecule has 25 heavy (non-hydrogen) atoms. The smallest absolute Gasteiger partial charge is 0.327 e. The van der Waals surface area contributed by atoms with Gasteiger partial charge in [0, 0.05) is 31.9 Å². The van der Waals surface area contributed by atoms with Crippen LogP contribution in [0.3, 0.4) is 0 Å². The predicted octanol–water partition coefficient (Wildman–Crippen LogP) is 2.73. The van der Waals surface area contributed by atoms with Gasteiger partial charge in [-0.3, -0.25) is 4.90 Å². The first-order valence-electron chi connectivity index (χ1n) is 8.48. The molecule has 0 aromatic heterocycles. The third kappa shape index (κ3) is 3.94. The van der Waals surface area contributed by atoms with Crippen molar-refractivity contribution in [1.29, 1.82) is 0 Å². The Balaban J connectivity index is 1.69. The number of methoxy groups -OCH3 is 2. The summed E-state index contributed by atoms with van der Waals surface area (Å²) in [6, 6.07) is 17.6. The third-order valence-corrected chi connectivity index (χ3v) is 4.66. The molecule has 1 saturated heterocycles. The van der Waals surface area contributed by atoms with E-state index in [4.69, 9.17) is 9.47 Å². The van der Waals surface area contributed by atoms with Crippen LogP contribution in [-0.2, 0) is 9.53 Å². The van der Waals surface area contributed by atoms with Crippen molar-refractivity contribution < 1.29 is 14.3 Å². The summed E-state index contributed by atoms with van der Waals surface area (Å²) in [5.74, 6) is 0.654. The van der Waals surface area contributed by atoms with Crippen LogP contribution in [0.2, 0.25) is 0 Å². The van der Waals surface area contributed by atoms with Crippen LogP contribution in [0.4, 0.5) is 5.69 Å². The van der Waals surface area contributed by atoms with Gasteiger partial charge in [0.25, 0.3) is 0 Å². The van der Waals surface area contributed by atoms with Gasteiger partial charge in [-0.1, -0.05) is 30.3 Å². The maximum atomic E-state index is 12.3. The molecule has 1 aliphatic heterocycles. The number of nitrogens with zero attached hydrogens (tertiary/aromatic N) is 2. The molecule has 1 aliphatic rings. The van der Waals surface area contributed by atoms with E-state index < -0.39 is 0 Å². The molecule has 0 N–H and O–H groups in total. The highest BCUT2D eigenvalue weighted by atomic mass is 16.5. The number of rotatable bonds is 5. The topological polar surface area (TPSA) is 42.0 Å². The van der Waals surface area contributed by atoms with Crippen LogP contribution >= 0.6 is 0 Å². The predicted molar refractivity (Wildman–Crippen MR) is 98.0 cm³/mol. The fourth-order valence-corrected chi connectivity index (χ4v) is 3.27. The molecule has 3 rings (SSSR count). The Morgan fingerprint density at radius 2 is 1.56 bits per heavy atom. The highest BCUT2D eigenvalue weighted by Gasteiger charge is 2.31. The quantitative estimate of drug-likeness (QED) is 0.783. The summed E-state index contributed by atoms with van der Waals surface area (Å²) in [5.41, 5.74) is 2.15. The molecule has 0 aliphatic carbocycles. The monoisotopic (exact) mass is 340 g/mol. The molecule has 132 valence electrons. The number of carbonyl (C=O) groups excluding carboxylic acids is 1. The van der Waals surface area contributed by atoms with E-state index >= 15 is 0 Å². The average molecular weight is 340 g/mol.